The van der Waals surface area contributed by atoms with Gasteiger partial charge in [0.1, 0.15) is 11.6 Å². The quantitative estimate of drug-likeness (QED) is 0.609. The Bertz CT molecular complexity index is 737. The number of carbonyl (C=O) groups excluding carboxylic acids is 1. The van der Waals surface area contributed by atoms with Crippen molar-refractivity contribution in [2.45, 2.75) is 25.7 Å². The van der Waals surface area contributed by atoms with E-state index in [1.54, 1.807) is 0 Å². The van der Waals surface area contributed by atoms with E-state index in [1.165, 1.54) is 24.3 Å². The summed E-state index contributed by atoms with van der Waals surface area (Å²) in [4.78, 5) is 16.2. The van der Waals surface area contributed by atoms with E-state index in [-0.39, 0.29) is 48.4 Å². The molecule has 0 aromatic heterocycles. The van der Waals surface area contributed by atoms with Crippen LogP contribution in [0.2, 0.25) is 0 Å². The molecule has 1 N–H and O–H groups in total. The number of benzene rings is 2. The number of amides is 2. The summed E-state index contributed by atoms with van der Waals surface area (Å²) in [7, 11) is 0. The molecule has 8 heteroatoms. The van der Waals surface area contributed by atoms with Crippen molar-refractivity contribution in [3.63, 3.8) is 0 Å². The Morgan fingerprint density at radius 3 is 1.84 bits per heavy atom. The lowest BCUT2D eigenvalue weighted by atomic mass is 9.87. The topological polar surface area (TPSA) is 35.6 Å². The smallest absolute Gasteiger partial charge is 0.317 e. The molecule has 1 aliphatic rings. The normalized spacial score (nSPS) is 14.0. The summed E-state index contributed by atoms with van der Waals surface area (Å²) in [6.45, 7) is 6.74. The molecule has 1 heterocycles. The van der Waals surface area contributed by atoms with Crippen molar-refractivity contribution in [2.75, 3.05) is 39.3 Å². The maximum atomic E-state index is 13.3. The summed E-state index contributed by atoms with van der Waals surface area (Å²) in [5.41, 5.74) is 2.08. The van der Waals surface area contributed by atoms with Crippen LogP contribution in [-0.4, -0.2) is 55.1 Å². The van der Waals surface area contributed by atoms with Crippen molar-refractivity contribution < 1.29 is 13.6 Å². The monoisotopic (exact) mass is 473 g/mol. The molecule has 2 aromatic rings. The van der Waals surface area contributed by atoms with E-state index in [1.807, 2.05) is 36.1 Å². The highest BCUT2D eigenvalue weighted by atomic mass is 35.5. The Morgan fingerprint density at radius 2 is 1.39 bits per heavy atom. The zero-order valence-electron chi connectivity index (χ0n) is 17.7. The van der Waals surface area contributed by atoms with E-state index in [0.717, 1.165) is 56.7 Å². The molecule has 172 valence electrons. The Kier molecular flexibility index (Phi) is 11.8. The second-order valence-corrected chi connectivity index (χ2v) is 7.46. The van der Waals surface area contributed by atoms with Gasteiger partial charge in [0, 0.05) is 38.6 Å². The fraction of sp³-hybridized carbons (Fsp3) is 0.435. The maximum Gasteiger partial charge on any atom is 0.317 e. The van der Waals surface area contributed by atoms with Gasteiger partial charge >= 0.3 is 6.03 Å². The number of hydrogen-bond acceptors (Lipinski definition) is 2. The number of hydrogen-bond donors (Lipinski definition) is 1. The molecule has 31 heavy (non-hydrogen) atoms. The van der Waals surface area contributed by atoms with E-state index >= 15 is 0 Å². The summed E-state index contributed by atoms with van der Waals surface area (Å²) in [6.07, 6.45) is 1.87. The third kappa shape index (κ3) is 7.95. The molecule has 0 saturated carbocycles. The lowest BCUT2D eigenvalue weighted by Crippen LogP contribution is -2.51. The average molecular weight is 474 g/mol. The van der Waals surface area contributed by atoms with Crippen molar-refractivity contribution in [3.8, 4) is 0 Å². The second kappa shape index (κ2) is 13.5. The fourth-order valence-corrected chi connectivity index (χ4v) is 3.87. The van der Waals surface area contributed by atoms with Crippen LogP contribution in [0.3, 0.4) is 0 Å². The zero-order valence-corrected chi connectivity index (χ0v) is 19.4. The first-order valence-electron chi connectivity index (χ1n) is 10.3. The van der Waals surface area contributed by atoms with Gasteiger partial charge in [-0.05, 0) is 61.7 Å². The van der Waals surface area contributed by atoms with Crippen LogP contribution in [0.4, 0.5) is 13.6 Å². The minimum absolute atomic E-state index is 0. The number of urea groups is 1. The van der Waals surface area contributed by atoms with Crippen molar-refractivity contribution in [1.29, 1.82) is 0 Å². The van der Waals surface area contributed by atoms with Gasteiger partial charge in [-0.25, -0.2) is 13.6 Å². The molecule has 1 aliphatic heterocycles. The highest BCUT2D eigenvalue weighted by Crippen LogP contribution is 2.30. The summed E-state index contributed by atoms with van der Waals surface area (Å²) < 4.78 is 26.7. The van der Waals surface area contributed by atoms with Crippen molar-refractivity contribution in [2.24, 2.45) is 0 Å². The molecular weight excluding hydrogens is 443 g/mol. The molecule has 3 rings (SSSR count). The number of piperazine rings is 1. The van der Waals surface area contributed by atoms with Gasteiger partial charge < -0.3 is 10.2 Å². The second-order valence-electron chi connectivity index (χ2n) is 7.46. The molecule has 0 atom stereocenters. The molecule has 0 bridgehead atoms. The van der Waals surface area contributed by atoms with E-state index in [4.69, 9.17) is 0 Å². The molecule has 1 fully saturated rings. The molecule has 0 aliphatic carbocycles. The Morgan fingerprint density at radius 1 is 0.903 bits per heavy atom. The Balaban J connectivity index is 0.00000240. The molecule has 1 saturated heterocycles. The van der Waals surface area contributed by atoms with Gasteiger partial charge in [-0.1, -0.05) is 24.3 Å². The van der Waals surface area contributed by atoms with Crippen molar-refractivity contribution >= 4 is 30.8 Å². The summed E-state index contributed by atoms with van der Waals surface area (Å²) in [6, 6.07) is 13.2. The van der Waals surface area contributed by atoms with Gasteiger partial charge in [-0.3, -0.25) is 4.90 Å². The van der Waals surface area contributed by atoms with Crippen LogP contribution in [0.5, 0.6) is 0 Å². The molecule has 2 aromatic carbocycles. The summed E-state index contributed by atoms with van der Waals surface area (Å²) in [5, 5.41) is 2.85. The summed E-state index contributed by atoms with van der Waals surface area (Å²) >= 11 is 0. The number of nitrogens with one attached hydrogen (secondary N) is 1. The van der Waals surface area contributed by atoms with Crippen molar-refractivity contribution in [1.82, 2.24) is 15.1 Å². The van der Waals surface area contributed by atoms with Crippen LogP contribution in [0.15, 0.2) is 48.5 Å². The van der Waals surface area contributed by atoms with Gasteiger partial charge in [0.2, 0.25) is 0 Å². The van der Waals surface area contributed by atoms with E-state index in [0.29, 0.717) is 6.54 Å². The molecule has 0 radical (unpaired) electrons. The summed E-state index contributed by atoms with van der Waals surface area (Å²) in [5.74, 6) is -0.402. The largest absolute Gasteiger partial charge is 0.338 e. The van der Waals surface area contributed by atoms with Crippen LogP contribution in [-0.2, 0) is 0 Å². The third-order valence-electron chi connectivity index (χ3n) is 5.50. The molecule has 0 unspecified atom stereocenters. The highest BCUT2D eigenvalue weighted by Gasteiger charge is 2.21. The lowest BCUT2D eigenvalue weighted by molar-refractivity contribution is 0.138. The third-order valence-corrected chi connectivity index (χ3v) is 5.50. The van der Waals surface area contributed by atoms with Crippen LogP contribution in [0, 0.1) is 11.6 Å². The lowest BCUT2D eigenvalue weighted by Gasteiger charge is -2.34. The van der Waals surface area contributed by atoms with Crippen LogP contribution >= 0.6 is 24.8 Å². The minimum atomic E-state index is -0.253. The van der Waals surface area contributed by atoms with Gasteiger partial charge in [0.05, 0.1) is 0 Å². The van der Waals surface area contributed by atoms with E-state index in [9.17, 15) is 13.6 Å². The number of nitrogens with zero attached hydrogens (tertiary/aromatic N) is 2. The van der Waals surface area contributed by atoms with Crippen molar-refractivity contribution in [3.05, 3.63) is 71.3 Å². The van der Waals surface area contributed by atoms with E-state index < -0.39 is 0 Å². The van der Waals surface area contributed by atoms with Gasteiger partial charge in [0.25, 0.3) is 0 Å². The first kappa shape index (κ1) is 27.1. The molecule has 4 nitrogen and oxygen atoms in total. The molecular formula is C23H31Cl2F2N3O. The van der Waals surface area contributed by atoms with Crippen LogP contribution < -0.4 is 5.32 Å². The number of carbonyl (C=O) groups is 1. The SMILES string of the molecule is CCNC(=O)N1CCN(CCCC(c2ccc(F)cc2)c2ccc(F)cc2)CC1.Cl.Cl. The maximum absolute atomic E-state index is 13.3. The zero-order chi connectivity index (χ0) is 20.6. The fourth-order valence-electron chi connectivity index (χ4n) is 3.87. The van der Waals surface area contributed by atoms with Gasteiger partial charge in [-0.2, -0.15) is 0 Å². The minimum Gasteiger partial charge on any atom is -0.338 e. The predicted molar refractivity (Wildman–Crippen MR) is 125 cm³/mol. The Labute approximate surface area is 195 Å². The first-order chi connectivity index (χ1) is 14.1. The Hall–Kier alpha value is -1.89. The molecule has 2 amide bonds. The predicted octanol–water partition coefficient (Wildman–Crippen LogP) is 5.07. The first-order valence-corrected chi connectivity index (χ1v) is 10.3. The van der Waals surface area contributed by atoms with Crippen LogP contribution in [0.1, 0.15) is 36.8 Å². The average Bonchev–Trinajstić information content (AvgIpc) is 2.74. The van der Waals surface area contributed by atoms with E-state index in [2.05, 4.69) is 10.2 Å². The van der Waals surface area contributed by atoms with Crippen LogP contribution in [0.25, 0.3) is 0 Å². The highest BCUT2D eigenvalue weighted by molar-refractivity contribution is 5.85. The standard InChI is InChI=1S/C23H29F2N3O.2ClH/c1-2-26-23(29)28-16-14-27(15-17-28)13-3-4-22(18-5-9-20(24)10-6-18)19-7-11-21(25)12-8-19;;/h5-12,22H,2-4,13-17H2,1H3,(H,26,29);2*1H. The van der Waals surface area contributed by atoms with Gasteiger partial charge in [-0.15, -0.1) is 24.8 Å². The molecule has 0 spiro atoms. The number of halogens is 4. The van der Waals surface area contributed by atoms with Gasteiger partial charge in [0.15, 0.2) is 0 Å². The number of rotatable bonds is 7.